The van der Waals surface area contributed by atoms with Crippen LogP contribution in [0.3, 0.4) is 0 Å². The molecule has 7 heteroatoms. The van der Waals surface area contributed by atoms with Crippen LogP contribution in [0.5, 0.6) is 0 Å². The molecule has 21 heavy (non-hydrogen) atoms. The highest BCUT2D eigenvalue weighted by Gasteiger charge is 2.56. The molecule has 2 aliphatic rings. The zero-order valence-corrected chi connectivity index (χ0v) is 12.3. The summed E-state index contributed by atoms with van der Waals surface area (Å²) in [5.41, 5.74) is -2.05. The zero-order chi connectivity index (χ0) is 15.5. The molecule has 1 aliphatic carbocycles. The molecule has 0 aromatic heterocycles. The summed E-state index contributed by atoms with van der Waals surface area (Å²) in [5, 5.41) is 2.96. The van der Waals surface area contributed by atoms with Gasteiger partial charge in [0.05, 0.1) is 6.54 Å². The average molecular weight is 308 g/mol. The Balaban J connectivity index is 1.79. The first kappa shape index (κ1) is 16.5. The van der Waals surface area contributed by atoms with E-state index in [1.165, 1.54) is 0 Å². The molecule has 0 radical (unpaired) electrons. The zero-order valence-electron chi connectivity index (χ0n) is 12.3. The molecule has 0 atom stereocenters. The highest BCUT2D eigenvalue weighted by molar-refractivity contribution is 5.78. The summed E-state index contributed by atoms with van der Waals surface area (Å²) in [6, 6.07) is 0.246. The van der Waals surface area contributed by atoms with Crippen LogP contribution in [0.1, 0.15) is 38.5 Å². The second kappa shape index (κ2) is 6.52. The first-order chi connectivity index (χ1) is 9.86. The fraction of sp³-hybridized carbons (Fsp3) is 0.929. The lowest BCUT2D eigenvalue weighted by Gasteiger charge is -2.41. The topological polar surface area (TPSA) is 41.6 Å². The van der Waals surface area contributed by atoms with Crippen molar-refractivity contribution in [2.45, 2.75) is 56.3 Å². The number of hydrogen-bond acceptors (Lipinski definition) is 3. The normalized spacial score (nSPS) is 24.2. The molecule has 0 aromatic carbocycles. The fourth-order valence-electron chi connectivity index (χ4n) is 3.22. The van der Waals surface area contributed by atoms with E-state index < -0.39 is 11.8 Å². The van der Waals surface area contributed by atoms with Gasteiger partial charge in [0.1, 0.15) is 0 Å². The van der Waals surface area contributed by atoms with Crippen molar-refractivity contribution in [2.75, 3.05) is 26.7 Å². The Morgan fingerprint density at radius 2 is 1.86 bits per heavy atom. The van der Waals surface area contributed by atoms with E-state index in [1.54, 1.807) is 4.90 Å². The Kier molecular flexibility index (Phi) is 5.14. The van der Waals surface area contributed by atoms with E-state index >= 15 is 0 Å². The number of hydrogen-bond donors (Lipinski definition) is 1. The van der Waals surface area contributed by atoms with Gasteiger partial charge in [-0.25, -0.2) is 0 Å². The van der Waals surface area contributed by atoms with Crippen molar-refractivity contribution in [2.24, 2.45) is 0 Å². The number of nitrogens with zero attached hydrogens (tertiary/aromatic N) is 1. The Labute approximate surface area is 123 Å². The minimum absolute atomic E-state index is 0.0844. The largest absolute Gasteiger partial charge is 0.417 e. The van der Waals surface area contributed by atoms with Crippen molar-refractivity contribution < 1.29 is 22.7 Å². The van der Waals surface area contributed by atoms with Crippen LogP contribution in [0.25, 0.3) is 0 Å². The molecule has 2 rings (SSSR count). The Morgan fingerprint density at radius 3 is 2.33 bits per heavy atom. The molecule has 1 aliphatic heterocycles. The molecule has 4 nitrogen and oxygen atoms in total. The summed E-state index contributed by atoms with van der Waals surface area (Å²) in [6.07, 6.45) is -0.320. The molecule has 0 aromatic rings. The van der Waals surface area contributed by atoms with Gasteiger partial charge >= 0.3 is 6.18 Å². The average Bonchev–Trinajstić information content (AvgIpc) is 2.91. The molecule has 122 valence electrons. The molecule has 1 amide bonds. The van der Waals surface area contributed by atoms with Crippen LogP contribution in [-0.4, -0.2) is 55.4 Å². The van der Waals surface area contributed by atoms with Crippen LogP contribution in [0.2, 0.25) is 0 Å². The predicted octanol–water partition coefficient (Wildman–Crippen LogP) is 2.09. The van der Waals surface area contributed by atoms with Crippen LogP contribution in [-0.2, 0) is 9.53 Å². The van der Waals surface area contributed by atoms with E-state index in [9.17, 15) is 18.0 Å². The van der Waals surface area contributed by atoms with Crippen LogP contribution in [0, 0.1) is 0 Å². The minimum atomic E-state index is -4.36. The Hall–Kier alpha value is -0.820. The van der Waals surface area contributed by atoms with Gasteiger partial charge in [0.25, 0.3) is 0 Å². The third-order valence-electron chi connectivity index (χ3n) is 4.66. The lowest BCUT2D eigenvalue weighted by Crippen LogP contribution is -2.55. The predicted molar refractivity (Wildman–Crippen MR) is 71.9 cm³/mol. The highest BCUT2D eigenvalue weighted by atomic mass is 19.4. The minimum Gasteiger partial charge on any atom is -0.369 e. The van der Waals surface area contributed by atoms with Gasteiger partial charge < -0.3 is 10.1 Å². The molecule has 0 bridgehead atoms. The summed E-state index contributed by atoms with van der Waals surface area (Å²) in [4.78, 5) is 13.7. The van der Waals surface area contributed by atoms with Crippen LogP contribution >= 0.6 is 0 Å². The van der Waals surface area contributed by atoms with Gasteiger partial charge in [-0.15, -0.1) is 0 Å². The number of piperidine rings is 1. The van der Waals surface area contributed by atoms with Crippen LogP contribution < -0.4 is 5.32 Å². The number of nitrogens with one attached hydrogen (secondary N) is 1. The number of carbonyl (C=O) groups excluding carboxylic acids is 1. The summed E-state index contributed by atoms with van der Waals surface area (Å²) in [6.45, 7) is 0.630. The lowest BCUT2D eigenvalue weighted by molar-refractivity contribution is -0.282. The van der Waals surface area contributed by atoms with Crippen molar-refractivity contribution >= 4 is 5.91 Å². The van der Waals surface area contributed by atoms with Gasteiger partial charge in [0.15, 0.2) is 5.60 Å². The lowest BCUT2D eigenvalue weighted by atomic mass is 9.90. The van der Waals surface area contributed by atoms with Crippen molar-refractivity contribution in [3.8, 4) is 0 Å². The highest BCUT2D eigenvalue weighted by Crippen LogP contribution is 2.41. The summed E-state index contributed by atoms with van der Waals surface area (Å²) in [5.74, 6) is -0.0844. The third-order valence-corrected chi connectivity index (χ3v) is 4.66. The molecule has 0 spiro atoms. The second-order valence-corrected chi connectivity index (χ2v) is 6.02. The third kappa shape index (κ3) is 3.88. The van der Waals surface area contributed by atoms with Gasteiger partial charge in [-0.1, -0.05) is 12.8 Å². The molecule has 1 heterocycles. The summed E-state index contributed by atoms with van der Waals surface area (Å²) >= 11 is 0. The number of ether oxygens (including phenoxy) is 1. The van der Waals surface area contributed by atoms with Crippen molar-refractivity contribution in [3.05, 3.63) is 0 Å². The number of amides is 1. The van der Waals surface area contributed by atoms with E-state index in [1.807, 2.05) is 0 Å². The number of halogens is 3. The van der Waals surface area contributed by atoms with Gasteiger partial charge in [-0.2, -0.15) is 13.2 Å². The summed E-state index contributed by atoms with van der Waals surface area (Å²) < 4.78 is 43.9. The SMILES string of the molecule is COC1(C(F)(F)F)CCN(CC(=O)NC2CCCC2)CC1. The maximum absolute atomic E-state index is 13.0. The molecule has 1 saturated heterocycles. The Bertz CT molecular complexity index is 360. The monoisotopic (exact) mass is 308 g/mol. The number of rotatable bonds is 4. The number of carbonyl (C=O) groups is 1. The molecular weight excluding hydrogens is 285 g/mol. The fourth-order valence-corrected chi connectivity index (χ4v) is 3.22. The van der Waals surface area contributed by atoms with Gasteiger partial charge in [0, 0.05) is 26.2 Å². The molecular formula is C14H23F3N2O2. The quantitative estimate of drug-likeness (QED) is 0.864. The second-order valence-electron chi connectivity index (χ2n) is 6.02. The van der Waals surface area contributed by atoms with Crippen molar-refractivity contribution in [1.29, 1.82) is 0 Å². The summed E-state index contributed by atoms with van der Waals surface area (Å²) in [7, 11) is 1.11. The van der Waals surface area contributed by atoms with E-state index in [0.717, 1.165) is 32.8 Å². The van der Waals surface area contributed by atoms with E-state index in [4.69, 9.17) is 4.74 Å². The number of likely N-dealkylation sites (tertiary alicyclic amines) is 1. The first-order valence-electron chi connectivity index (χ1n) is 7.50. The number of methoxy groups -OCH3 is 1. The maximum Gasteiger partial charge on any atom is 0.417 e. The Morgan fingerprint density at radius 1 is 1.29 bits per heavy atom. The van der Waals surface area contributed by atoms with E-state index in [0.29, 0.717) is 0 Å². The maximum atomic E-state index is 13.0. The van der Waals surface area contributed by atoms with Gasteiger partial charge in [-0.05, 0) is 25.7 Å². The molecule has 2 fully saturated rings. The van der Waals surface area contributed by atoms with E-state index in [2.05, 4.69) is 5.32 Å². The van der Waals surface area contributed by atoms with Crippen LogP contribution in [0.15, 0.2) is 0 Å². The standard InChI is InChI=1S/C14H23F3N2O2/c1-21-13(14(15,16)17)6-8-19(9-7-13)10-12(20)18-11-4-2-3-5-11/h11H,2-10H2,1H3,(H,18,20). The van der Waals surface area contributed by atoms with Crippen molar-refractivity contribution in [3.63, 3.8) is 0 Å². The molecule has 1 saturated carbocycles. The van der Waals surface area contributed by atoms with Crippen molar-refractivity contribution in [1.82, 2.24) is 10.2 Å². The van der Waals surface area contributed by atoms with Crippen LogP contribution in [0.4, 0.5) is 13.2 Å². The van der Waals surface area contributed by atoms with E-state index in [-0.39, 0.29) is 44.4 Å². The molecule has 0 unspecified atom stereocenters. The number of alkyl halides is 3. The molecule has 1 N–H and O–H groups in total. The van der Waals surface area contributed by atoms with Gasteiger partial charge in [-0.3, -0.25) is 9.69 Å². The first-order valence-corrected chi connectivity index (χ1v) is 7.50. The van der Waals surface area contributed by atoms with Gasteiger partial charge in [0.2, 0.25) is 5.91 Å². The smallest absolute Gasteiger partial charge is 0.369 e.